The van der Waals surface area contributed by atoms with Gasteiger partial charge >= 0.3 is 0 Å². The lowest BCUT2D eigenvalue weighted by atomic mass is 9.97. The predicted octanol–water partition coefficient (Wildman–Crippen LogP) is 3.41. The molecular weight excluding hydrogens is 264 g/mol. The average Bonchev–Trinajstić information content (AvgIpc) is 2.48. The molecule has 1 N–H and O–H groups in total. The number of nitrogens with zero attached hydrogens (tertiary/aromatic N) is 1. The van der Waals surface area contributed by atoms with Crippen molar-refractivity contribution in [2.24, 2.45) is 5.92 Å². The Labute approximate surface area is 128 Å². The first-order chi connectivity index (χ1) is 9.78. The fraction of sp³-hybridized carbons (Fsp3) is 0.647. The molecule has 0 amide bonds. The van der Waals surface area contributed by atoms with Gasteiger partial charge in [0.2, 0.25) is 0 Å². The molecule has 0 aromatic heterocycles. The SMILES string of the molecule is CCNCC1CCN(CCSc2ccc(C)cc2)CC1. The Morgan fingerprint density at radius 3 is 2.55 bits per heavy atom. The minimum absolute atomic E-state index is 0.899. The van der Waals surface area contributed by atoms with Crippen LogP contribution in [-0.4, -0.2) is 43.4 Å². The molecule has 0 spiro atoms. The second-order valence-electron chi connectivity index (χ2n) is 5.75. The highest BCUT2D eigenvalue weighted by Gasteiger charge is 2.18. The van der Waals surface area contributed by atoms with Gasteiger partial charge in [0.15, 0.2) is 0 Å². The summed E-state index contributed by atoms with van der Waals surface area (Å²) in [4.78, 5) is 4.03. The Kier molecular flexibility index (Phi) is 6.91. The lowest BCUT2D eigenvalue weighted by Crippen LogP contribution is -2.38. The number of rotatable bonds is 7. The van der Waals surface area contributed by atoms with Crippen LogP contribution in [0.1, 0.15) is 25.3 Å². The third-order valence-corrected chi connectivity index (χ3v) is 5.08. The number of aryl methyl sites for hydroxylation is 1. The van der Waals surface area contributed by atoms with E-state index in [1.165, 1.54) is 55.2 Å². The number of hydrogen-bond acceptors (Lipinski definition) is 3. The van der Waals surface area contributed by atoms with Crippen LogP contribution in [0.5, 0.6) is 0 Å². The van der Waals surface area contributed by atoms with Gasteiger partial charge in [-0.2, -0.15) is 0 Å². The number of hydrogen-bond donors (Lipinski definition) is 1. The summed E-state index contributed by atoms with van der Waals surface area (Å²) < 4.78 is 0. The van der Waals surface area contributed by atoms with Gasteiger partial charge in [-0.05, 0) is 64.0 Å². The van der Waals surface area contributed by atoms with Crippen LogP contribution in [0.2, 0.25) is 0 Å². The van der Waals surface area contributed by atoms with Crippen molar-refractivity contribution in [3.63, 3.8) is 0 Å². The van der Waals surface area contributed by atoms with Crippen LogP contribution in [0.25, 0.3) is 0 Å². The van der Waals surface area contributed by atoms with E-state index in [9.17, 15) is 0 Å². The van der Waals surface area contributed by atoms with Gasteiger partial charge in [0.05, 0.1) is 0 Å². The van der Waals surface area contributed by atoms with Gasteiger partial charge in [0.1, 0.15) is 0 Å². The second kappa shape index (κ2) is 8.71. The van der Waals surface area contributed by atoms with Crippen molar-refractivity contribution in [1.82, 2.24) is 10.2 Å². The van der Waals surface area contributed by atoms with Gasteiger partial charge in [-0.15, -0.1) is 11.8 Å². The van der Waals surface area contributed by atoms with E-state index in [2.05, 4.69) is 48.3 Å². The average molecular weight is 292 g/mol. The monoisotopic (exact) mass is 292 g/mol. The Morgan fingerprint density at radius 2 is 1.90 bits per heavy atom. The molecule has 1 aliphatic heterocycles. The maximum atomic E-state index is 3.48. The lowest BCUT2D eigenvalue weighted by molar-refractivity contribution is 0.192. The molecule has 1 aromatic carbocycles. The van der Waals surface area contributed by atoms with Crippen LogP contribution in [-0.2, 0) is 0 Å². The molecule has 0 bridgehead atoms. The van der Waals surface area contributed by atoms with Gasteiger partial charge in [-0.3, -0.25) is 0 Å². The first-order valence-electron chi connectivity index (χ1n) is 7.90. The maximum absolute atomic E-state index is 3.48. The van der Waals surface area contributed by atoms with Gasteiger partial charge in [0.25, 0.3) is 0 Å². The standard InChI is InChI=1S/C17H28N2S/c1-3-18-14-16-8-10-19(11-9-16)12-13-20-17-6-4-15(2)5-7-17/h4-7,16,18H,3,8-14H2,1-2H3. The number of benzene rings is 1. The number of piperidine rings is 1. The van der Waals surface area contributed by atoms with Crippen LogP contribution < -0.4 is 5.32 Å². The van der Waals surface area contributed by atoms with Crippen LogP contribution >= 0.6 is 11.8 Å². The predicted molar refractivity (Wildman–Crippen MR) is 89.6 cm³/mol. The highest BCUT2D eigenvalue weighted by molar-refractivity contribution is 7.99. The highest BCUT2D eigenvalue weighted by atomic mass is 32.2. The highest BCUT2D eigenvalue weighted by Crippen LogP contribution is 2.20. The molecule has 1 aliphatic rings. The molecule has 0 atom stereocenters. The van der Waals surface area contributed by atoms with E-state index in [4.69, 9.17) is 0 Å². The van der Waals surface area contributed by atoms with Crippen molar-refractivity contribution in [3.05, 3.63) is 29.8 Å². The number of likely N-dealkylation sites (tertiary alicyclic amines) is 1. The van der Waals surface area contributed by atoms with Crippen LogP contribution in [0, 0.1) is 12.8 Å². The first kappa shape index (κ1) is 15.9. The van der Waals surface area contributed by atoms with Crippen molar-refractivity contribution in [2.45, 2.75) is 31.6 Å². The normalized spacial score (nSPS) is 17.5. The molecule has 1 heterocycles. The second-order valence-corrected chi connectivity index (χ2v) is 6.92. The van der Waals surface area contributed by atoms with E-state index in [0.717, 1.165) is 12.5 Å². The molecule has 20 heavy (non-hydrogen) atoms. The zero-order valence-corrected chi connectivity index (χ0v) is 13.7. The van der Waals surface area contributed by atoms with Crippen LogP contribution in [0.3, 0.4) is 0 Å². The molecular formula is C17H28N2S. The maximum Gasteiger partial charge on any atom is 0.0108 e. The third-order valence-electron chi connectivity index (χ3n) is 4.09. The molecule has 1 fully saturated rings. The quantitative estimate of drug-likeness (QED) is 0.775. The zero-order valence-electron chi connectivity index (χ0n) is 12.9. The molecule has 1 saturated heterocycles. The third kappa shape index (κ3) is 5.47. The van der Waals surface area contributed by atoms with Crippen LogP contribution in [0.15, 0.2) is 29.2 Å². The minimum atomic E-state index is 0.899. The van der Waals surface area contributed by atoms with Gasteiger partial charge < -0.3 is 10.2 Å². The molecule has 0 unspecified atom stereocenters. The molecule has 2 nitrogen and oxygen atoms in total. The summed E-state index contributed by atoms with van der Waals surface area (Å²) in [5.41, 5.74) is 1.34. The smallest absolute Gasteiger partial charge is 0.0108 e. The molecule has 1 aromatic rings. The summed E-state index contributed by atoms with van der Waals surface area (Å²) in [6, 6.07) is 8.88. The number of thioether (sulfide) groups is 1. The zero-order chi connectivity index (χ0) is 14.2. The van der Waals surface area contributed by atoms with Gasteiger partial charge in [-0.1, -0.05) is 24.6 Å². The van der Waals surface area contributed by atoms with E-state index in [1.54, 1.807) is 0 Å². The van der Waals surface area contributed by atoms with Gasteiger partial charge in [0, 0.05) is 17.2 Å². The molecule has 112 valence electrons. The summed E-state index contributed by atoms with van der Waals surface area (Å²) in [6.07, 6.45) is 2.73. The summed E-state index contributed by atoms with van der Waals surface area (Å²) in [5, 5.41) is 3.48. The van der Waals surface area contributed by atoms with E-state index in [-0.39, 0.29) is 0 Å². The fourth-order valence-corrected chi connectivity index (χ4v) is 3.60. The Hall–Kier alpha value is -0.510. The summed E-state index contributed by atoms with van der Waals surface area (Å²) in [5.74, 6) is 2.11. The topological polar surface area (TPSA) is 15.3 Å². The summed E-state index contributed by atoms with van der Waals surface area (Å²) >= 11 is 1.98. The van der Waals surface area contributed by atoms with E-state index in [1.807, 2.05) is 11.8 Å². The Balaban J connectivity index is 1.60. The van der Waals surface area contributed by atoms with Gasteiger partial charge in [-0.25, -0.2) is 0 Å². The van der Waals surface area contributed by atoms with Crippen LogP contribution in [0.4, 0.5) is 0 Å². The largest absolute Gasteiger partial charge is 0.317 e. The first-order valence-corrected chi connectivity index (χ1v) is 8.89. The summed E-state index contributed by atoms with van der Waals surface area (Å²) in [6.45, 7) is 10.4. The fourth-order valence-electron chi connectivity index (χ4n) is 2.69. The van der Waals surface area contributed by atoms with Crippen molar-refractivity contribution in [2.75, 3.05) is 38.5 Å². The summed E-state index contributed by atoms with van der Waals surface area (Å²) in [7, 11) is 0. The van der Waals surface area contributed by atoms with Crippen molar-refractivity contribution >= 4 is 11.8 Å². The van der Waals surface area contributed by atoms with Crippen molar-refractivity contribution < 1.29 is 0 Å². The molecule has 0 radical (unpaired) electrons. The minimum Gasteiger partial charge on any atom is -0.317 e. The van der Waals surface area contributed by atoms with E-state index >= 15 is 0 Å². The molecule has 0 aliphatic carbocycles. The Bertz CT molecular complexity index is 369. The molecule has 0 saturated carbocycles. The van der Waals surface area contributed by atoms with Crippen molar-refractivity contribution in [1.29, 1.82) is 0 Å². The number of nitrogens with one attached hydrogen (secondary N) is 1. The van der Waals surface area contributed by atoms with Crippen molar-refractivity contribution in [3.8, 4) is 0 Å². The molecule has 2 rings (SSSR count). The Morgan fingerprint density at radius 1 is 1.20 bits per heavy atom. The van der Waals surface area contributed by atoms with E-state index < -0.39 is 0 Å². The lowest BCUT2D eigenvalue weighted by Gasteiger charge is -2.31. The molecule has 3 heteroatoms. The van der Waals surface area contributed by atoms with E-state index in [0.29, 0.717) is 0 Å².